The molecule has 0 N–H and O–H groups in total. The normalized spacial score (nSPS) is 10.2. The molecule has 0 unspecified atom stereocenters. The van der Waals surface area contributed by atoms with Gasteiger partial charge in [0, 0.05) is 12.4 Å². The van der Waals surface area contributed by atoms with Crippen LogP contribution < -0.4 is 5.11 Å². The summed E-state index contributed by atoms with van der Waals surface area (Å²) in [5.74, 6) is -0.375. The fourth-order valence-electron chi connectivity index (χ4n) is 4.10. The molecule has 0 saturated heterocycles. The van der Waals surface area contributed by atoms with Crippen molar-refractivity contribution in [3.05, 3.63) is 170 Å². The third-order valence-corrected chi connectivity index (χ3v) is 6.12. The Kier molecular flexibility index (Phi) is 13.6. The molecule has 0 aliphatic carbocycles. The third kappa shape index (κ3) is 10.7. The Hall–Kier alpha value is -4.96. The van der Waals surface area contributed by atoms with Crippen LogP contribution in [0.25, 0.3) is 44.8 Å². The van der Waals surface area contributed by atoms with Gasteiger partial charge in [0.05, 0.1) is 0 Å². The van der Waals surface area contributed by atoms with Crippen LogP contribution in [0.1, 0.15) is 13.8 Å². The van der Waals surface area contributed by atoms with Crippen LogP contribution in [0.4, 0.5) is 0 Å². The van der Waals surface area contributed by atoms with Gasteiger partial charge in [0.25, 0.3) is 0 Å². The standard InChI is InChI=1S/2C17H12N.C5H8O2.Ir/c2*1-3-7-14(8-4-1)16-11-12-17(18-13-16)15-9-5-2-6-10-15;1-4(6)3-5(2)7;/h2*1-9,11-13H;3,6H,1-2H3;/q2*-1;;+3/p-1/b;;4-3-;. The average molecular weight is 752 g/mol. The quantitative estimate of drug-likeness (QED) is 0.101. The van der Waals surface area contributed by atoms with E-state index in [-0.39, 0.29) is 31.6 Å². The Bertz CT molecular complexity index is 1470. The molecule has 0 bridgehead atoms. The first-order valence-electron chi connectivity index (χ1n) is 13.8. The van der Waals surface area contributed by atoms with E-state index >= 15 is 0 Å². The molecule has 0 aliphatic rings. The zero-order valence-electron chi connectivity index (χ0n) is 24.5. The molecule has 2 heterocycles. The summed E-state index contributed by atoms with van der Waals surface area (Å²) in [7, 11) is 0. The number of rotatable bonds is 5. The van der Waals surface area contributed by atoms with Gasteiger partial charge in [-0.25, -0.2) is 0 Å². The summed E-state index contributed by atoms with van der Waals surface area (Å²) in [5.41, 5.74) is 8.60. The Labute approximate surface area is 273 Å². The van der Waals surface area contributed by atoms with Crippen LogP contribution in [-0.4, -0.2) is 15.8 Å². The zero-order chi connectivity index (χ0) is 30.3. The van der Waals surface area contributed by atoms with E-state index < -0.39 is 0 Å². The molecule has 0 radical (unpaired) electrons. The number of aromatic nitrogens is 2. The molecule has 5 heteroatoms. The van der Waals surface area contributed by atoms with Gasteiger partial charge < -0.3 is 15.1 Å². The Morgan fingerprint density at radius 2 is 0.977 bits per heavy atom. The van der Waals surface area contributed by atoms with Crippen molar-refractivity contribution in [1.82, 2.24) is 9.97 Å². The summed E-state index contributed by atoms with van der Waals surface area (Å²) in [4.78, 5) is 19.0. The minimum atomic E-state index is -0.187. The number of pyridine rings is 2. The summed E-state index contributed by atoms with van der Waals surface area (Å²) >= 11 is 0. The van der Waals surface area contributed by atoms with Gasteiger partial charge in [0.2, 0.25) is 0 Å². The maximum Gasteiger partial charge on any atom is 3.00 e. The molecule has 6 aromatic rings. The number of carbonyl (C=O) groups excluding carboxylic acids is 1. The Balaban J connectivity index is 0.000000196. The van der Waals surface area contributed by atoms with E-state index in [9.17, 15) is 9.90 Å². The molecule has 0 fully saturated rings. The van der Waals surface area contributed by atoms with Crippen LogP contribution in [0.5, 0.6) is 0 Å². The van der Waals surface area contributed by atoms with Gasteiger partial charge in [-0.2, -0.15) is 0 Å². The van der Waals surface area contributed by atoms with Crippen molar-refractivity contribution in [2.45, 2.75) is 13.8 Å². The van der Waals surface area contributed by atoms with Gasteiger partial charge in [-0.3, -0.25) is 4.79 Å². The SMILES string of the molecule is CC(=O)/C=C(/C)[O-].[Ir+3].[c-]1ccccc1-c1ccc(-c2ccccc2)cn1.[c-]1ccccc1-c1ccc(-c2ccccc2)cn1. The van der Waals surface area contributed by atoms with Crippen molar-refractivity contribution in [2.75, 3.05) is 0 Å². The molecule has 2 aromatic heterocycles. The predicted octanol–water partition coefficient (Wildman–Crippen LogP) is 8.27. The minimum Gasteiger partial charge on any atom is -0.876 e. The molecule has 0 aliphatic heterocycles. The van der Waals surface area contributed by atoms with Crippen LogP contribution in [-0.2, 0) is 24.9 Å². The fraction of sp³-hybridized carbons (Fsp3) is 0.0513. The summed E-state index contributed by atoms with van der Waals surface area (Å²) < 4.78 is 0. The minimum absolute atomic E-state index is 0. The second-order valence-corrected chi connectivity index (χ2v) is 9.51. The molecular weight excluding hydrogens is 721 g/mol. The zero-order valence-corrected chi connectivity index (χ0v) is 26.9. The van der Waals surface area contributed by atoms with Crippen molar-refractivity contribution in [2.24, 2.45) is 0 Å². The Morgan fingerprint density at radius 1 is 0.568 bits per heavy atom. The van der Waals surface area contributed by atoms with Crippen LogP contribution in [0.15, 0.2) is 158 Å². The summed E-state index contributed by atoms with van der Waals surface area (Å²) in [6.45, 7) is 2.70. The topological polar surface area (TPSA) is 65.9 Å². The van der Waals surface area contributed by atoms with Crippen LogP contribution in [0.2, 0.25) is 0 Å². The summed E-state index contributed by atoms with van der Waals surface area (Å²) in [6.07, 6.45) is 4.87. The third-order valence-electron chi connectivity index (χ3n) is 6.12. The molecule has 0 amide bonds. The molecule has 218 valence electrons. The second kappa shape index (κ2) is 17.9. The second-order valence-electron chi connectivity index (χ2n) is 9.51. The van der Waals surface area contributed by atoms with Crippen LogP contribution in [0, 0.1) is 12.1 Å². The van der Waals surface area contributed by atoms with Gasteiger partial charge >= 0.3 is 20.1 Å². The maximum atomic E-state index is 9.98. The number of allylic oxidation sites excluding steroid dienone is 2. The van der Waals surface area contributed by atoms with Gasteiger partial charge in [-0.15, -0.1) is 77.5 Å². The first-order chi connectivity index (χ1) is 21.0. The average Bonchev–Trinajstić information content (AvgIpc) is 3.07. The molecule has 6 rings (SSSR count). The van der Waals surface area contributed by atoms with E-state index in [1.54, 1.807) is 0 Å². The fourth-order valence-corrected chi connectivity index (χ4v) is 4.10. The van der Waals surface area contributed by atoms with E-state index in [2.05, 4.69) is 58.5 Å². The van der Waals surface area contributed by atoms with Crippen molar-refractivity contribution >= 4 is 5.78 Å². The van der Waals surface area contributed by atoms with Gasteiger partial charge in [-0.05, 0) is 46.6 Å². The maximum absolute atomic E-state index is 9.98. The van der Waals surface area contributed by atoms with E-state index in [0.29, 0.717) is 0 Å². The van der Waals surface area contributed by atoms with Gasteiger partial charge in [-0.1, -0.05) is 91.9 Å². The monoisotopic (exact) mass is 752 g/mol. The first kappa shape index (κ1) is 33.5. The molecule has 4 nitrogen and oxygen atoms in total. The molecule has 0 atom stereocenters. The number of benzene rings is 4. The van der Waals surface area contributed by atoms with Gasteiger partial charge in [0.1, 0.15) is 0 Å². The van der Waals surface area contributed by atoms with E-state index in [4.69, 9.17) is 0 Å². The van der Waals surface area contributed by atoms with E-state index in [1.165, 1.54) is 25.0 Å². The Morgan fingerprint density at radius 3 is 1.25 bits per heavy atom. The van der Waals surface area contributed by atoms with Crippen molar-refractivity contribution in [1.29, 1.82) is 0 Å². The number of ketones is 1. The van der Waals surface area contributed by atoms with E-state index in [1.807, 2.05) is 109 Å². The summed E-state index contributed by atoms with van der Waals surface area (Å²) in [5, 5.41) is 9.98. The smallest absolute Gasteiger partial charge is 0.876 e. The number of hydrogen-bond donors (Lipinski definition) is 0. The molecule has 44 heavy (non-hydrogen) atoms. The molecule has 0 spiro atoms. The molecule has 0 saturated carbocycles. The predicted molar refractivity (Wildman–Crippen MR) is 172 cm³/mol. The van der Waals surface area contributed by atoms with Crippen LogP contribution >= 0.6 is 0 Å². The van der Waals surface area contributed by atoms with Crippen molar-refractivity contribution in [3.63, 3.8) is 0 Å². The molecular formula is C39H31IrN2O2. The molecule has 4 aromatic carbocycles. The number of nitrogens with zero attached hydrogens (tertiary/aromatic N) is 2. The number of carbonyl (C=O) groups is 1. The summed E-state index contributed by atoms with van der Waals surface area (Å²) in [6, 6.07) is 50.9. The van der Waals surface area contributed by atoms with Crippen molar-refractivity contribution < 1.29 is 30.0 Å². The van der Waals surface area contributed by atoms with Crippen molar-refractivity contribution in [3.8, 4) is 44.8 Å². The van der Waals surface area contributed by atoms with Crippen LogP contribution in [0.3, 0.4) is 0 Å². The first-order valence-corrected chi connectivity index (χ1v) is 13.8. The largest absolute Gasteiger partial charge is 3.00 e. The number of hydrogen-bond acceptors (Lipinski definition) is 4. The van der Waals surface area contributed by atoms with E-state index in [0.717, 1.165) is 39.7 Å². The van der Waals surface area contributed by atoms with Gasteiger partial charge in [0.15, 0.2) is 5.78 Å².